The smallest absolute Gasteiger partial charge is 0.253 e. The Morgan fingerprint density at radius 1 is 1.29 bits per heavy atom. The van der Waals surface area contributed by atoms with Crippen LogP contribution in [0, 0.1) is 11.6 Å². The largest absolute Gasteiger partial charge is 0.338 e. The summed E-state index contributed by atoms with van der Waals surface area (Å²) in [5, 5.41) is 0.655. The fraction of sp³-hybridized carbons (Fsp3) is 0.417. The predicted octanol–water partition coefficient (Wildman–Crippen LogP) is 3.21. The highest BCUT2D eigenvalue weighted by molar-refractivity contribution is 9.09. The van der Waals surface area contributed by atoms with Gasteiger partial charge in [-0.05, 0) is 24.6 Å². The van der Waals surface area contributed by atoms with Gasteiger partial charge in [-0.3, -0.25) is 4.79 Å². The molecule has 0 bridgehead atoms. The molecule has 0 atom stereocenters. The molecule has 0 aliphatic rings. The molecule has 0 aliphatic carbocycles. The summed E-state index contributed by atoms with van der Waals surface area (Å²) in [5.41, 5.74) is 0.179. The zero-order valence-electron chi connectivity index (χ0n) is 9.55. The Labute approximate surface area is 108 Å². The average molecular weight is 306 g/mol. The molecular weight excluding hydrogens is 292 g/mol. The standard InChI is InChI=1S/C12H14BrF2NO/c1-2-6-16(7-5-13)12(17)9-3-4-10(14)11(15)8-9/h3-4,8H,2,5-7H2,1H3. The van der Waals surface area contributed by atoms with Gasteiger partial charge >= 0.3 is 0 Å². The van der Waals surface area contributed by atoms with E-state index in [1.807, 2.05) is 6.92 Å². The van der Waals surface area contributed by atoms with Crippen LogP contribution in [0.15, 0.2) is 18.2 Å². The molecule has 1 aromatic carbocycles. The van der Waals surface area contributed by atoms with E-state index >= 15 is 0 Å². The van der Waals surface area contributed by atoms with Crippen molar-refractivity contribution in [1.82, 2.24) is 4.90 Å². The number of hydrogen-bond donors (Lipinski definition) is 0. The SMILES string of the molecule is CCCN(CCBr)C(=O)c1ccc(F)c(F)c1. The molecule has 0 saturated carbocycles. The lowest BCUT2D eigenvalue weighted by molar-refractivity contribution is 0.0766. The van der Waals surface area contributed by atoms with Crippen molar-refractivity contribution in [2.45, 2.75) is 13.3 Å². The molecule has 1 aromatic rings. The maximum absolute atomic E-state index is 13.0. The maximum Gasteiger partial charge on any atom is 0.253 e. The summed E-state index contributed by atoms with van der Waals surface area (Å²) in [4.78, 5) is 13.6. The number of hydrogen-bond acceptors (Lipinski definition) is 1. The number of nitrogens with zero attached hydrogens (tertiary/aromatic N) is 1. The highest BCUT2D eigenvalue weighted by Gasteiger charge is 2.16. The summed E-state index contributed by atoms with van der Waals surface area (Å²) < 4.78 is 25.8. The molecule has 1 rings (SSSR count). The van der Waals surface area contributed by atoms with E-state index in [0.717, 1.165) is 18.6 Å². The van der Waals surface area contributed by atoms with Crippen molar-refractivity contribution in [3.05, 3.63) is 35.4 Å². The van der Waals surface area contributed by atoms with Gasteiger partial charge in [0, 0.05) is 24.0 Å². The highest BCUT2D eigenvalue weighted by Crippen LogP contribution is 2.11. The molecule has 0 unspecified atom stereocenters. The Kier molecular flexibility index (Phi) is 5.55. The van der Waals surface area contributed by atoms with Crippen LogP contribution in [0.4, 0.5) is 8.78 Å². The molecule has 1 amide bonds. The van der Waals surface area contributed by atoms with E-state index in [1.54, 1.807) is 4.90 Å². The van der Waals surface area contributed by atoms with E-state index in [1.165, 1.54) is 6.07 Å². The van der Waals surface area contributed by atoms with Gasteiger partial charge in [-0.25, -0.2) is 8.78 Å². The number of halogens is 3. The van der Waals surface area contributed by atoms with Gasteiger partial charge in [-0.1, -0.05) is 22.9 Å². The summed E-state index contributed by atoms with van der Waals surface area (Å²) in [7, 11) is 0. The van der Waals surface area contributed by atoms with E-state index in [0.29, 0.717) is 18.4 Å². The molecule has 5 heteroatoms. The maximum atomic E-state index is 13.0. The molecule has 2 nitrogen and oxygen atoms in total. The molecule has 0 heterocycles. The van der Waals surface area contributed by atoms with E-state index in [4.69, 9.17) is 0 Å². The minimum absolute atomic E-state index is 0.179. The minimum Gasteiger partial charge on any atom is -0.338 e. The second kappa shape index (κ2) is 6.69. The molecule has 0 N–H and O–H groups in total. The fourth-order valence-electron chi connectivity index (χ4n) is 1.50. The normalized spacial score (nSPS) is 10.4. The van der Waals surface area contributed by atoms with Crippen LogP contribution < -0.4 is 0 Å². The third-order valence-corrected chi connectivity index (χ3v) is 2.66. The minimum atomic E-state index is -0.994. The summed E-state index contributed by atoms with van der Waals surface area (Å²) in [6.45, 7) is 3.11. The molecule has 0 aliphatic heterocycles. The van der Waals surface area contributed by atoms with Crippen LogP contribution >= 0.6 is 15.9 Å². The van der Waals surface area contributed by atoms with Gasteiger partial charge in [-0.2, -0.15) is 0 Å². The Hall–Kier alpha value is -0.970. The lowest BCUT2D eigenvalue weighted by Crippen LogP contribution is -2.33. The van der Waals surface area contributed by atoms with E-state index < -0.39 is 11.6 Å². The van der Waals surface area contributed by atoms with E-state index in [2.05, 4.69) is 15.9 Å². The molecule has 17 heavy (non-hydrogen) atoms. The van der Waals surface area contributed by atoms with Crippen LogP contribution in [0.5, 0.6) is 0 Å². The van der Waals surface area contributed by atoms with Crippen molar-refractivity contribution < 1.29 is 13.6 Å². The van der Waals surface area contributed by atoms with Crippen molar-refractivity contribution in [2.75, 3.05) is 18.4 Å². The zero-order chi connectivity index (χ0) is 12.8. The Morgan fingerprint density at radius 2 is 2.00 bits per heavy atom. The van der Waals surface area contributed by atoms with Crippen LogP contribution in [0.1, 0.15) is 23.7 Å². The number of rotatable bonds is 5. The van der Waals surface area contributed by atoms with Crippen LogP contribution in [-0.2, 0) is 0 Å². The first-order valence-electron chi connectivity index (χ1n) is 5.40. The van der Waals surface area contributed by atoms with Crippen molar-refractivity contribution in [1.29, 1.82) is 0 Å². The first-order chi connectivity index (χ1) is 8.10. The fourth-order valence-corrected chi connectivity index (χ4v) is 1.93. The first-order valence-corrected chi connectivity index (χ1v) is 6.52. The Bertz CT molecular complexity index is 392. The number of carbonyl (C=O) groups excluding carboxylic acids is 1. The van der Waals surface area contributed by atoms with Gasteiger partial charge in [0.25, 0.3) is 5.91 Å². The van der Waals surface area contributed by atoms with Gasteiger partial charge in [0.15, 0.2) is 11.6 Å². The number of alkyl halides is 1. The molecule has 0 aromatic heterocycles. The Morgan fingerprint density at radius 3 is 2.53 bits per heavy atom. The van der Waals surface area contributed by atoms with Gasteiger partial charge in [0.2, 0.25) is 0 Å². The van der Waals surface area contributed by atoms with Crippen molar-refractivity contribution in [2.24, 2.45) is 0 Å². The van der Waals surface area contributed by atoms with Crippen LogP contribution in [0.25, 0.3) is 0 Å². The quantitative estimate of drug-likeness (QED) is 0.765. The van der Waals surface area contributed by atoms with Crippen molar-refractivity contribution >= 4 is 21.8 Å². The number of amides is 1. The molecule has 0 spiro atoms. The third kappa shape index (κ3) is 3.77. The third-order valence-electron chi connectivity index (χ3n) is 2.30. The van der Waals surface area contributed by atoms with Crippen LogP contribution in [0.3, 0.4) is 0 Å². The lowest BCUT2D eigenvalue weighted by atomic mass is 10.2. The summed E-state index contributed by atoms with van der Waals surface area (Å²) in [6.07, 6.45) is 0.822. The van der Waals surface area contributed by atoms with Crippen LogP contribution in [0.2, 0.25) is 0 Å². The van der Waals surface area contributed by atoms with Crippen molar-refractivity contribution in [3.8, 4) is 0 Å². The second-order valence-corrected chi connectivity index (χ2v) is 4.40. The second-order valence-electron chi connectivity index (χ2n) is 3.61. The number of benzene rings is 1. The summed E-state index contributed by atoms with van der Waals surface area (Å²) >= 11 is 3.26. The number of carbonyl (C=O) groups is 1. The lowest BCUT2D eigenvalue weighted by Gasteiger charge is -2.21. The van der Waals surface area contributed by atoms with Gasteiger partial charge in [0.05, 0.1) is 0 Å². The van der Waals surface area contributed by atoms with Crippen LogP contribution in [-0.4, -0.2) is 29.2 Å². The molecule has 0 fully saturated rings. The monoisotopic (exact) mass is 305 g/mol. The molecule has 94 valence electrons. The topological polar surface area (TPSA) is 20.3 Å². The van der Waals surface area contributed by atoms with Gasteiger partial charge in [0.1, 0.15) is 0 Å². The van der Waals surface area contributed by atoms with Gasteiger partial charge in [-0.15, -0.1) is 0 Å². The molecular formula is C12H14BrF2NO. The first kappa shape index (κ1) is 14.1. The Balaban J connectivity index is 2.88. The summed E-state index contributed by atoms with van der Waals surface area (Å²) in [6, 6.07) is 3.22. The average Bonchev–Trinajstić information content (AvgIpc) is 2.31. The van der Waals surface area contributed by atoms with Crippen molar-refractivity contribution in [3.63, 3.8) is 0 Å². The molecule has 0 saturated heterocycles. The molecule has 0 radical (unpaired) electrons. The van der Waals surface area contributed by atoms with Gasteiger partial charge < -0.3 is 4.90 Å². The zero-order valence-corrected chi connectivity index (χ0v) is 11.1. The summed E-state index contributed by atoms with van der Waals surface area (Å²) in [5.74, 6) is -2.21. The van der Waals surface area contributed by atoms with E-state index in [9.17, 15) is 13.6 Å². The van der Waals surface area contributed by atoms with E-state index in [-0.39, 0.29) is 11.5 Å². The predicted molar refractivity (Wildman–Crippen MR) is 66.3 cm³/mol. The highest BCUT2D eigenvalue weighted by atomic mass is 79.9.